The zero-order chi connectivity index (χ0) is 5.70. The van der Waals surface area contributed by atoms with Crippen molar-refractivity contribution in [3.05, 3.63) is 0 Å². The van der Waals surface area contributed by atoms with Crippen molar-refractivity contribution in [2.45, 2.75) is 6.29 Å². The van der Waals surface area contributed by atoms with Gasteiger partial charge in [0.15, 0.2) is 6.29 Å². The number of aldehydes is 1. The van der Waals surface area contributed by atoms with Crippen LogP contribution in [0.25, 0.3) is 0 Å². The number of carbonyl (C=O) groups is 1. The fourth-order valence-electron chi connectivity index (χ4n) is 0.207. The molecule has 0 N–H and O–H groups in total. The summed E-state index contributed by atoms with van der Waals surface area (Å²) in [6.07, 6.45) is -0.111. The van der Waals surface area contributed by atoms with Gasteiger partial charge in [-0.3, -0.25) is 4.79 Å². The van der Waals surface area contributed by atoms with E-state index in [2.05, 4.69) is 9.47 Å². The van der Waals surface area contributed by atoms with Gasteiger partial charge >= 0.3 is 0 Å². The molecule has 0 amide bonds. The number of hydrogen-bond donors (Lipinski definition) is 0. The van der Waals surface area contributed by atoms with Crippen molar-refractivity contribution in [2.75, 3.05) is 14.2 Å². The molecule has 0 saturated carbocycles. The number of carbonyl (C=O) groups excluding carboxylic acids is 1. The van der Waals surface area contributed by atoms with Gasteiger partial charge in [0.2, 0.25) is 6.29 Å². The monoisotopic (exact) mass is 244 g/mol. The predicted octanol–water partition coefficient (Wildman–Crippen LogP) is -0.196. The number of methoxy groups -OCH3 is 2. The maximum atomic E-state index is 9.72. The first-order valence-corrected chi connectivity index (χ1v) is 1.86. The van der Waals surface area contributed by atoms with E-state index in [0.717, 1.165) is 0 Å². The van der Waals surface area contributed by atoms with E-state index in [-0.39, 0.29) is 41.7 Å². The number of rotatable bonds is 3. The van der Waals surface area contributed by atoms with Gasteiger partial charge in [0.1, 0.15) is 0 Å². The van der Waals surface area contributed by atoms with Gasteiger partial charge in [0, 0.05) is 56.0 Å². The van der Waals surface area contributed by atoms with Crippen molar-refractivity contribution in [1.29, 1.82) is 0 Å². The van der Waals surface area contributed by atoms with Crippen LogP contribution in [0.4, 0.5) is 0 Å². The number of hydrogen-bond acceptors (Lipinski definition) is 3. The molecule has 0 unspecified atom stereocenters. The van der Waals surface area contributed by atoms with Gasteiger partial charge in [-0.1, -0.05) is 0 Å². The van der Waals surface area contributed by atoms with Gasteiger partial charge in [-0.15, -0.1) is 0 Å². The van der Waals surface area contributed by atoms with Crippen LogP contribution >= 0.6 is 0 Å². The molecule has 0 atom stereocenters. The molecule has 0 radical (unpaired) electrons. The van der Waals surface area contributed by atoms with E-state index >= 15 is 0 Å². The Labute approximate surface area is 82.1 Å². The van der Waals surface area contributed by atoms with Crippen molar-refractivity contribution >= 4 is 6.29 Å². The molecule has 0 aliphatic rings. The Bertz CT molecular complexity index is 53.2. The van der Waals surface area contributed by atoms with Crippen LogP contribution in [0.3, 0.4) is 0 Å². The van der Waals surface area contributed by atoms with E-state index in [1.165, 1.54) is 14.2 Å². The molecule has 46 valence electrons. The molecule has 0 aliphatic carbocycles. The van der Waals surface area contributed by atoms with Crippen molar-refractivity contribution in [2.24, 2.45) is 0 Å². The third kappa shape index (κ3) is 5.11. The number of ether oxygens (including phenoxy) is 2. The molecule has 0 heterocycles. The van der Waals surface area contributed by atoms with Gasteiger partial charge in [0.05, 0.1) is 0 Å². The summed E-state index contributed by atoms with van der Waals surface area (Å²) >= 11 is 0. The van der Waals surface area contributed by atoms with Crippen LogP contribution < -0.4 is 0 Å². The normalized spacial score (nSPS) is 8.38. The second kappa shape index (κ2) is 7.97. The molecular formula is C4H8CeO3. The molecule has 4 heteroatoms. The van der Waals surface area contributed by atoms with Gasteiger partial charge in [-0.25, -0.2) is 0 Å². The van der Waals surface area contributed by atoms with Crippen LogP contribution in [-0.4, -0.2) is 26.8 Å². The summed E-state index contributed by atoms with van der Waals surface area (Å²) in [5, 5.41) is 0. The van der Waals surface area contributed by atoms with Crippen molar-refractivity contribution in [3.63, 3.8) is 0 Å². The molecule has 0 bridgehead atoms. The molecule has 0 rings (SSSR count). The third-order valence-electron chi connectivity index (χ3n) is 0.576. The minimum absolute atomic E-state index is 0. The smallest absolute Gasteiger partial charge is 0.214 e. The average molecular weight is 244 g/mol. The molecule has 0 aromatic heterocycles. The SMILES string of the molecule is COC(C=O)OC.[Ce]. The zero-order valence-electron chi connectivity index (χ0n) is 4.88. The van der Waals surface area contributed by atoms with Gasteiger partial charge in [-0.2, -0.15) is 0 Å². The fourth-order valence-corrected chi connectivity index (χ4v) is 0.207. The zero-order valence-corrected chi connectivity index (χ0v) is 8.02. The fraction of sp³-hybridized carbons (Fsp3) is 0.750. The molecular weight excluding hydrogens is 236 g/mol. The molecule has 0 saturated heterocycles. The molecule has 0 fully saturated rings. The summed E-state index contributed by atoms with van der Waals surface area (Å²) in [7, 11) is 2.81. The van der Waals surface area contributed by atoms with E-state index in [9.17, 15) is 4.79 Å². The largest absolute Gasteiger partial charge is 0.350 e. The van der Waals surface area contributed by atoms with Crippen LogP contribution in [0.2, 0.25) is 0 Å². The van der Waals surface area contributed by atoms with Gasteiger partial charge in [0.25, 0.3) is 0 Å². The van der Waals surface area contributed by atoms with Crippen molar-refractivity contribution < 1.29 is 56.0 Å². The van der Waals surface area contributed by atoms with Crippen LogP contribution in [0.15, 0.2) is 0 Å². The minimum Gasteiger partial charge on any atom is -0.350 e. The van der Waals surface area contributed by atoms with Crippen LogP contribution in [0.5, 0.6) is 0 Å². The summed E-state index contributed by atoms with van der Waals surface area (Å²) < 4.78 is 8.92. The maximum absolute atomic E-state index is 9.72. The summed E-state index contributed by atoms with van der Waals surface area (Å²) in [5.41, 5.74) is 0. The molecule has 0 aliphatic heterocycles. The quantitative estimate of drug-likeness (QED) is 0.509. The Morgan fingerprint density at radius 1 is 1.38 bits per heavy atom. The first-order valence-electron chi connectivity index (χ1n) is 1.86. The van der Waals surface area contributed by atoms with Gasteiger partial charge in [-0.05, 0) is 0 Å². The molecule has 0 spiro atoms. The summed E-state index contributed by atoms with van der Waals surface area (Å²) in [4.78, 5) is 9.72. The Hall–Kier alpha value is 0.967. The third-order valence-corrected chi connectivity index (χ3v) is 0.576. The van der Waals surface area contributed by atoms with Crippen LogP contribution in [0, 0.1) is 41.7 Å². The van der Waals surface area contributed by atoms with Crippen molar-refractivity contribution in [3.8, 4) is 0 Å². The predicted molar refractivity (Wildman–Crippen MR) is 23.9 cm³/mol. The van der Waals surface area contributed by atoms with E-state index in [1.807, 2.05) is 0 Å². The molecule has 0 aromatic rings. The topological polar surface area (TPSA) is 35.5 Å². The van der Waals surface area contributed by atoms with Gasteiger partial charge < -0.3 is 9.47 Å². The van der Waals surface area contributed by atoms with E-state index in [4.69, 9.17) is 0 Å². The Morgan fingerprint density at radius 2 is 1.75 bits per heavy atom. The summed E-state index contributed by atoms with van der Waals surface area (Å²) in [6, 6.07) is 0. The second-order valence-electron chi connectivity index (χ2n) is 0.976. The molecule has 8 heavy (non-hydrogen) atoms. The Balaban J connectivity index is 0. The summed E-state index contributed by atoms with van der Waals surface area (Å²) in [5.74, 6) is 0. The van der Waals surface area contributed by atoms with E-state index < -0.39 is 6.29 Å². The summed E-state index contributed by atoms with van der Waals surface area (Å²) in [6.45, 7) is 0. The van der Waals surface area contributed by atoms with Crippen molar-refractivity contribution in [1.82, 2.24) is 0 Å². The first kappa shape index (κ1) is 11.7. The van der Waals surface area contributed by atoms with E-state index in [0.29, 0.717) is 6.29 Å². The van der Waals surface area contributed by atoms with E-state index in [1.54, 1.807) is 0 Å². The average Bonchev–Trinajstić information content (AvgIpc) is 1.72. The minimum atomic E-state index is -0.694. The van der Waals surface area contributed by atoms with Crippen LogP contribution in [0.1, 0.15) is 0 Å². The first-order chi connectivity index (χ1) is 3.35. The molecule has 0 aromatic carbocycles. The van der Waals surface area contributed by atoms with Crippen LogP contribution in [-0.2, 0) is 14.3 Å². The second-order valence-corrected chi connectivity index (χ2v) is 0.976. The Morgan fingerprint density at radius 3 is 1.75 bits per heavy atom. The Kier molecular flexibility index (Phi) is 11.7. The standard InChI is InChI=1S/C4H8O3.Ce/c1-6-4(3-5)7-2;/h3-4H,1-2H3;. The molecule has 3 nitrogen and oxygen atoms in total. The maximum Gasteiger partial charge on any atom is 0.214 e.